The molecule has 4 rings (SSSR count). The van der Waals surface area contributed by atoms with Gasteiger partial charge in [-0.05, 0) is 75.7 Å². The Balaban J connectivity index is 1.56. The normalized spacial score (nSPS) is 14.7. The number of amides is 2. The van der Waals surface area contributed by atoms with Crippen LogP contribution in [-0.4, -0.2) is 28.1 Å². The van der Waals surface area contributed by atoms with Crippen LogP contribution in [0.3, 0.4) is 0 Å². The molecule has 0 atom stereocenters. The van der Waals surface area contributed by atoms with Gasteiger partial charge in [-0.1, -0.05) is 35.3 Å². The summed E-state index contributed by atoms with van der Waals surface area (Å²) in [7, 11) is 1.53. The zero-order chi connectivity index (χ0) is 24.2. The van der Waals surface area contributed by atoms with Gasteiger partial charge < -0.3 is 9.47 Å². The molecule has 3 aromatic rings. The van der Waals surface area contributed by atoms with Crippen molar-refractivity contribution in [3.8, 4) is 11.5 Å². The second-order valence-corrected chi connectivity index (χ2v) is 9.77. The Kier molecular flexibility index (Phi) is 7.83. The lowest BCUT2D eigenvalue weighted by molar-refractivity contribution is -0.123. The first-order valence-electron chi connectivity index (χ1n) is 9.96. The maximum absolute atomic E-state index is 13.0. The van der Waals surface area contributed by atoms with Gasteiger partial charge in [-0.3, -0.25) is 19.5 Å². The molecular weight excluding hydrogens is 563 g/mol. The second-order valence-electron chi connectivity index (χ2n) is 7.11. The number of aromatic nitrogens is 1. The highest BCUT2D eigenvalue weighted by Crippen LogP contribution is 2.40. The Labute approximate surface area is 219 Å². The van der Waals surface area contributed by atoms with E-state index in [4.69, 9.17) is 32.7 Å². The number of methoxy groups -OCH3 is 1. The molecule has 0 bridgehead atoms. The molecule has 1 aliphatic heterocycles. The lowest BCUT2D eigenvalue weighted by Crippen LogP contribution is -2.27. The lowest BCUT2D eigenvalue weighted by Gasteiger charge is -2.15. The summed E-state index contributed by atoms with van der Waals surface area (Å²) in [6, 6.07) is 14.1. The number of nitrogens with zero attached hydrogens (tertiary/aromatic N) is 2. The van der Waals surface area contributed by atoms with E-state index < -0.39 is 11.1 Å². The van der Waals surface area contributed by atoms with Crippen LogP contribution in [0.5, 0.6) is 11.5 Å². The highest BCUT2D eigenvalue weighted by atomic mass is 79.9. The fourth-order valence-electron chi connectivity index (χ4n) is 3.22. The summed E-state index contributed by atoms with van der Waals surface area (Å²) >= 11 is 16.8. The molecule has 0 saturated carbocycles. The molecule has 0 unspecified atom stereocenters. The standard InChI is InChI=1S/C24H17BrCl2N2O4S/c1-32-20-10-14(9-17(25)22(20)33-13-15-5-2-3-8-28-15)11-21-23(30)29(24(31)34-21)12-16-18(26)6-4-7-19(16)27/h2-11H,12-13H2,1H3/b21-11+. The largest absolute Gasteiger partial charge is 0.493 e. The van der Waals surface area contributed by atoms with Crippen LogP contribution in [0, 0.1) is 0 Å². The number of benzene rings is 2. The third kappa shape index (κ3) is 5.41. The first-order valence-corrected chi connectivity index (χ1v) is 12.3. The fourth-order valence-corrected chi connectivity index (χ4v) is 5.15. The van der Waals surface area contributed by atoms with E-state index in [9.17, 15) is 9.59 Å². The zero-order valence-electron chi connectivity index (χ0n) is 17.8. The Morgan fingerprint density at radius 3 is 2.56 bits per heavy atom. The van der Waals surface area contributed by atoms with Crippen molar-refractivity contribution in [2.45, 2.75) is 13.2 Å². The number of imide groups is 1. The Bertz CT molecular complexity index is 1270. The fraction of sp³-hybridized carbons (Fsp3) is 0.125. The summed E-state index contributed by atoms with van der Waals surface area (Å²) in [6.07, 6.45) is 3.33. The highest BCUT2D eigenvalue weighted by molar-refractivity contribution is 9.10. The number of carbonyl (C=O) groups is 2. The number of carbonyl (C=O) groups excluding carboxylic acids is 2. The summed E-state index contributed by atoms with van der Waals surface area (Å²) in [4.78, 5) is 31.2. The first-order chi connectivity index (χ1) is 16.4. The van der Waals surface area contributed by atoms with Crippen molar-refractivity contribution in [2.24, 2.45) is 0 Å². The summed E-state index contributed by atoms with van der Waals surface area (Å²) < 4.78 is 12.0. The lowest BCUT2D eigenvalue weighted by atomic mass is 10.1. The van der Waals surface area contributed by atoms with Crippen LogP contribution in [0.25, 0.3) is 6.08 Å². The summed E-state index contributed by atoms with van der Waals surface area (Å²) in [6.45, 7) is 0.256. The SMILES string of the molecule is COc1cc(/C=C2/SC(=O)N(Cc3c(Cl)cccc3Cl)C2=O)cc(Br)c1OCc1ccccn1. The van der Waals surface area contributed by atoms with E-state index in [1.165, 1.54) is 7.11 Å². The maximum Gasteiger partial charge on any atom is 0.293 e. The predicted molar refractivity (Wildman–Crippen MR) is 137 cm³/mol. The minimum Gasteiger partial charge on any atom is -0.493 e. The van der Waals surface area contributed by atoms with Gasteiger partial charge in [0, 0.05) is 21.8 Å². The molecule has 2 amide bonds. The van der Waals surface area contributed by atoms with Crippen LogP contribution in [0.2, 0.25) is 10.0 Å². The number of hydrogen-bond donors (Lipinski definition) is 0. The van der Waals surface area contributed by atoms with E-state index in [2.05, 4.69) is 20.9 Å². The van der Waals surface area contributed by atoms with Crippen molar-refractivity contribution >= 4 is 68.1 Å². The van der Waals surface area contributed by atoms with Crippen molar-refractivity contribution < 1.29 is 19.1 Å². The molecule has 6 nitrogen and oxygen atoms in total. The van der Waals surface area contributed by atoms with Gasteiger partial charge in [0.2, 0.25) is 0 Å². The Morgan fingerprint density at radius 2 is 1.88 bits per heavy atom. The van der Waals surface area contributed by atoms with E-state index in [-0.39, 0.29) is 18.1 Å². The van der Waals surface area contributed by atoms with Crippen LogP contribution in [0.1, 0.15) is 16.8 Å². The van der Waals surface area contributed by atoms with Crippen molar-refractivity contribution in [3.63, 3.8) is 0 Å². The van der Waals surface area contributed by atoms with Gasteiger partial charge in [-0.15, -0.1) is 0 Å². The van der Waals surface area contributed by atoms with Crippen LogP contribution in [0.15, 0.2) is 64.1 Å². The molecule has 0 aliphatic carbocycles. The molecule has 1 aliphatic rings. The van der Waals surface area contributed by atoms with Gasteiger partial charge >= 0.3 is 0 Å². The zero-order valence-corrected chi connectivity index (χ0v) is 21.7. The van der Waals surface area contributed by atoms with Crippen molar-refractivity contribution in [3.05, 3.63) is 91.0 Å². The van der Waals surface area contributed by atoms with Crippen molar-refractivity contribution in [2.75, 3.05) is 7.11 Å². The van der Waals surface area contributed by atoms with E-state index in [0.717, 1.165) is 22.4 Å². The molecule has 1 fully saturated rings. The van der Waals surface area contributed by atoms with Gasteiger partial charge in [0.05, 0.1) is 28.7 Å². The quantitative estimate of drug-likeness (QED) is 0.281. The van der Waals surface area contributed by atoms with Crippen molar-refractivity contribution in [1.29, 1.82) is 0 Å². The van der Waals surface area contributed by atoms with Crippen LogP contribution in [0.4, 0.5) is 4.79 Å². The minimum absolute atomic E-state index is 0.00612. The number of thioether (sulfide) groups is 1. The minimum atomic E-state index is -0.420. The van der Waals surface area contributed by atoms with E-state index in [1.807, 2.05) is 18.2 Å². The van der Waals surface area contributed by atoms with Gasteiger partial charge in [-0.25, -0.2) is 0 Å². The first kappa shape index (κ1) is 24.6. The predicted octanol–water partition coefficient (Wildman–Crippen LogP) is 6.98. The van der Waals surface area contributed by atoms with Gasteiger partial charge in [0.25, 0.3) is 11.1 Å². The number of halogens is 3. The van der Waals surface area contributed by atoms with Crippen LogP contribution < -0.4 is 9.47 Å². The average Bonchev–Trinajstić information content (AvgIpc) is 3.08. The molecule has 2 aromatic carbocycles. The maximum atomic E-state index is 13.0. The molecule has 174 valence electrons. The third-order valence-electron chi connectivity index (χ3n) is 4.89. The summed E-state index contributed by atoms with van der Waals surface area (Å²) in [5.74, 6) is 0.557. The van der Waals surface area contributed by atoms with E-state index >= 15 is 0 Å². The molecular formula is C24H17BrCl2N2O4S. The number of ether oxygens (including phenoxy) is 2. The van der Waals surface area contributed by atoms with Gasteiger partial charge in [-0.2, -0.15) is 0 Å². The molecule has 1 aromatic heterocycles. The molecule has 0 radical (unpaired) electrons. The van der Waals surface area contributed by atoms with Gasteiger partial charge in [0.15, 0.2) is 11.5 Å². The van der Waals surface area contributed by atoms with Crippen LogP contribution >= 0.6 is 50.9 Å². The number of pyridine rings is 1. The van der Waals surface area contributed by atoms with E-state index in [0.29, 0.717) is 37.1 Å². The second kappa shape index (κ2) is 10.8. The average molecular weight is 580 g/mol. The Morgan fingerprint density at radius 1 is 1.12 bits per heavy atom. The molecule has 0 spiro atoms. The number of hydrogen-bond acceptors (Lipinski definition) is 6. The monoisotopic (exact) mass is 578 g/mol. The summed E-state index contributed by atoms with van der Waals surface area (Å²) in [5, 5.41) is 0.393. The summed E-state index contributed by atoms with van der Waals surface area (Å²) in [5.41, 5.74) is 1.95. The smallest absolute Gasteiger partial charge is 0.293 e. The molecule has 10 heteroatoms. The van der Waals surface area contributed by atoms with E-state index in [1.54, 1.807) is 42.6 Å². The highest BCUT2D eigenvalue weighted by Gasteiger charge is 2.35. The van der Waals surface area contributed by atoms with Crippen molar-refractivity contribution in [1.82, 2.24) is 9.88 Å². The Hall–Kier alpha value is -2.52. The van der Waals surface area contributed by atoms with Gasteiger partial charge in [0.1, 0.15) is 6.61 Å². The molecule has 2 heterocycles. The third-order valence-corrected chi connectivity index (χ3v) is 7.10. The molecule has 34 heavy (non-hydrogen) atoms. The topological polar surface area (TPSA) is 68.7 Å². The molecule has 0 N–H and O–H groups in total. The van der Waals surface area contributed by atoms with Crippen LogP contribution in [-0.2, 0) is 17.9 Å². The number of rotatable bonds is 7. The molecule has 1 saturated heterocycles.